The van der Waals surface area contributed by atoms with Gasteiger partial charge in [0.2, 0.25) is 0 Å². The van der Waals surface area contributed by atoms with Crippen LogP contribution < -0.4 is 5.32 Å². The highest BCUT2D eigenvalue weighted by Crippen LogP contribution is 2.25. The molecule has 0 saturated heterocycles. The van der Waals surface area contributed by atoms with Crippen LogP contribution >= 0.6 is 38.6 Å². The van der Waals surface area contributed by atoms with E-state index >= 15 is 0 Å². The van der Waals surface area contributed by atoms with Gasteiger partial charge in [-0.3, -0.25) is 0 Å². The van der Waals surface area contributed by atoms with Crippen LogP contribution in [0.2, 0.25) is 0 Å². The summed E-state index contributed by atoms with van der Waals surface area (Å²) in [6.45, 7) is 3.14. The molecule has 1 nitrogen and oxygen atoms in total. The van der Waals surface area contributed by atoms with Crippen molar-refractivity contribution in [3.8, 4) is 0 Å². The Bertz CT molecular complexity index is 408. The summed E-state index contributed by atoms with van der Waals surface area (Å²) in [6, 6.07) is 4.76. The van der Waals surface area contributed by atoms with Crippen LogP contribution in [-0.2, 0) is 6.54 Å². The van der Waals surface area contributed by atoms with Crippen molar-refractivity contribution in [1.29, 1.82) is 0 Å². The summed E-state index contributed by atoms with van der Waals surface area (Å²) in [6.07, 6.45) is 0. The fourth-order valence-corrected chi connectivity index (χ4v) is 3.47. The Balaban J connectivity index is 1.90. The zero-order valence-corrected chi connectivity index (χ0v) is 11.6. The minimum absolute atomic E-state index is 0.418. The first kappa shape index (κ1) is 11.3. The van der Waals surface area contributed by atoms with Gasteiger partial charge in [0.25, 0.3) is 0 Å². The maximum Gasteiger partial charge on any atom is 0.0389 e. The molecule has 2 aromatic rings. The predicted molar refractivity (Wildman–Crippen MR) is 71.6 cm³/mol. The highest BCUT2D eigenvalue weighted by atomic mass is 79.9. The normalized spacial score (nSPS) is 12.9. The van der Waals surface area contributed by atoms with Crippen molar-refractivity contribution in [2.24, 2.45) is 0 Å². The molecule has 0 saturated carbocycles. The van der Waals surface area contributed by atoms with Crippen molar-refractivity contribution in [2.45, 2.75) is 19.5 Å². The first-order valence-electron chi connectivity index (χ1n) is 4.74. The largest absolute Gasteiger partial charge is 0.305 e. The molecule has 2 aromatic heterocycles. The van der Waals surface area contributed by atoms with E-state index in [0.29, 0.717) is 6.04 Å². The lowest BCUT2D eigenvalue weighted by molar-refractivity contribution is 0.583. The molecular formula is C11H12BrNS2. The van der Waals surface area contributed by atoms with Gasteiger partial charge in [-0.2, -0.15) is 11.3 Å². The fourth-order valence-electron chi connectivity index (χ4n) is 1.32. The molecule has 1 atom stereocenters. The molecule has 15 heavy (non-hydrogen) atoms. The second kappa shape index (κ2) is 5.25. The van der Waals surface area contributed by atoms with E-state index in [9.17, 15) is 0 Å². The Labute approximate surface area is 106 Å². The Morgan fingerprint density at radius 2 is 2.33 bits per heavy atom. The van der Waals surface area contributed by atoms with E-state index in [1.54, 1.807) is 22.7 Å². The Morgan fingerprint density at radius 3 is 2.93 bits per heavy atom. The van der Waals surface area contributed by atoms with Crippen molar-refractivity contribution in [1.82, 2.24) is 5.32 Å². The molecule has 0 amide bonds. The third-order valence-electron chi connectivity index (χ3n) is 2.21. The molecule has 0 aliphatic carbocycles. The van der Waals surface area contributed by atoms with Crippen LogP contribution in [0, 0.1) is 0 Å². The van der Waals surface area contributed by atoms with Crippen molar-refractivity contribution >= 4 is 38.6 Å². The van der Waals surface area contributed by atoms with Gasteiger partial charge >= 0.3 is 0 Å². The molecule has 0 radical (unpaired) electrons. The second-order valence-electron chi connectivity index (χ2n) is 3.40. The molecule has 0 aliphatic heterocycles. The molecule has 0 bridgehead atoms. The summed E-state index contributed by atoms with van der Waals surface area (Å²) in [5.74, 6) is 0. The lowest BCUT2D eigenvalue weighted by atomic mass is 10.2. The zero-order chi connectivity index (χ0) is 10.7. The molecule has 0 aliphatic rings. The van der Waals surface area contributed by atoms with Crippen molar-refractivity contribution in [2.75, 3.05) is 0 Å². The van der Waals surface area contributed by atoms with Crippen LogP contribution in [0.25, 0.3) is 0 Å². The first-order valence-corrected chi connectivity index (χ1v) is 7.35. The number of rotatable bonds is 4. The van der Waals surface area contributed by atoms with Gasteiger partial charge in [0.05, 0.1) is 0 Å². The second-order valence-corrected chi connectivity index (χ2v) is 6.04. The van der Waals surface area contributed by atoms with Crippen LogP contribution in [0.15, 0.2) is 32.7 Å². The van der Waals surface area contributed by atoms with Crippen molar-refractivity contribution in [3.63, 3.8) is 0 Å². The van der Waals surface area contributed by atoms with E-state index in [-0.39, 0.29) is 0 Å². The Morgan fingerprint density at radius 1 is 1.47 bits per heavy atom. The first-order chi connectivity index (χ1) is 7.25. The van der Waals surface area contributed by atoms with E-state index in [4.69, 9.17) is 0 Å². The Kier molecular flexibility index (Phi) is 3.97. The van der Waals surface area contributed by atoms with Gasteiger partial charge in [0.1, 0.15) is 0 Å². The summed E-state index contributed by atoms with van der Waals surface area (Å²) in [5.41, 5.74) is 1.36. The fraction of sp³-hybridized carbons (Fsp3) is 0.273. The van der Waals surface area contributed by atoms with Crippen LogP contribution in [0.1, 0.15) is 23.4 Å². The summed E-state index contributed by atoms with van der Waals surface area (Å²) >= 11 is 7.01. The van der Waals surface area contributed by atoms with Gasteiger partial charge in [-0.1, -0.05) is 0 Å². The van der Waals surface area contributed by atoms with E-state index in [0.717, 1.165) is 6.54 Å². The van der Waals surface area contributed by atoms with Gasteiger partial charge in [-0.25, -0.2) is 0 Å². The number of nitrogens with one attached hydrogen (secondary N) is 1. The molecular weight excluding hydrogens is 290 g/mol. The number of hydrogen-bond donors (Lipinski definition) is 1. The van der Waals surface area contributed by atoms with Gasteiger partial charge < -0.3 is 5.32 Å². The van der Waals surface area contributed by atoms with Gasteiger partial charge in [0, 0.05) is 27.3 Å². The third-order valence-corrected chi connectivity index (χ3v) is 4.82. The van der Waals surface area contributed by atoms with Crippen LogP contribution in [0.5, 0.6) is 0 Å². The van der Waals surface area contributed by atoms with Crippen LogP contribution in [0.3, 0.4) is 0 Å². The van der Waals surface area contributed by atoms with Crippen molar-refractivity contribution < 1.29 is 0 Å². The van der Waals surface area contributed by atoms with Gasteiger partial charge in [-0.15, -0.1) is 11.3 Å². The van der Waals surface area contributed by atoms with Gasteiger partial charge in [-0.05, 0) is 51.3 Å². The SMILES string of the molecule is CC(NCc1ccsc1)c1cc(Br)cs1. The average Bonchev–Trinajstić information content (AvgIpc) is 2.84. The minimum atomic E-state index is 0.418. The molecule has 1 unspecified atom stereocenters. The summed E-state index contributed by atoms with van der Waals surface area (Å²) < 4.78 is 1.17. The molecule has 1 N–H and O–H groups in total. The number of hydrogen-bond acceptors (Lipinski definition) is 3. The van der Waals surface area contributed by atoms with E-state index < -0.39 is 0 Å². The lowest BCUT2D eigenvalue weighted by Gasteiger charge is -2.10. The molecule has 0 spiro atoms. The highest BCUT2D eigenvalue weighted by Gasteiger charge is 2.07. The van der Waals surface area contributed by atoms with Gasteiger partial charge in [0.15, 0.2) is 0 Å². The van der Waals surface area contributed by atoms with Crippen LogP contribution in [-0.4, -0.2) is 0 Å². The lowest BCUT2D eigenvalue weighted by Crippen LogP contribution is -2.16. The summed E-state index contributed by atoms with van der Waals surface area (Å²) in [4.78, 5) is 1.37. The highest BCUT2D eigenvalue weighted by molar-refractivity contribution is 9.10. The number of halogens is 1. The molecule has 2 rings (SSSR count). The predicted octanol–water partition coefficient (Wildman–Crippen LogP) is 4.42. The molecule has 2 heterocycles. The van der Waals surface area contributed by atoms with Crippen molar-refractivity contribution in [3.05, 3.63) is 43.2 Å². The topological polar surface area (TPSA) is 12.0 Å². The average molecular weight is 302 g/mol. The zero-order valence-electron chi connectivity index (χ0n) is 8.37. The monoisotopic (exact) mass is 301 g/mol. The molecule has 0 aromatic carbocycles. The standard InChI is InChI=1S/C11H12BrNS2/c1-8(11-4-10(12)7-15-11)13-5-9-2-3-14-6-9/h2-4,6-8,13H,5H2,1H3. The molecule has 4 heteroatoms. The quantitative estimate of drug-likeness (QED) is 0.881. The maximum atomic E-state index is 3.51. The summed E-state index contributed by atoms with van der Waals surface area (Å²) in [5, 5.41) is 9.93. The summed E-state index contributed by atoms with van der Waals surface area (Å²) in [7, 11) is 0. The van der Waals surface area contributed by atoms with Crippen LogP contribution in [0.4, 0.5) is 0 Å². The maximum absolute atomic E-state index is 3.51. The Hall–Kier alpha value is -0.160. The molecule has 0 fully saturated rings. The van der Waals surface area contributed by atoms with E-state index in [1.807, 2.05) is 0 Å². The molecule has 80 valence electrons. The smallest absolute Gasteiger partial charge is 0.0389 e. The minimum Gasteiger partial charge on any atom is -0.305 e. The van der Waals surface area contributed by atoms with E-state index in [2.05, 4.69) is 56.4 Å². The van der Waals surface area contributed by atoms with E-state index in [1.165, 1.54) is 14.9 Å². The third kappa shape index (κ3) is 3.14. The number of thiophene rings is 2.